The zero-order valence-electron chi connectivity index (χ0n) is 7.97. The van der Waals surface area contributed by atoms with Crippen molar-refractivity contribution in [3.63, 3.8) is 0 Å². The molecular formula is C11H9NO3. The Hall–Kier alpha value is -1.77. The second kappa shape index (κ2) is 4.17. The van der Waals surface area contributed by atoms with Crippen LogP contribution in [0.15, 0.2) is 29.3 Å². The first-order valence-corrected chi connectivity index (χ1v) is 4.64. The van der Waals surface area contributed by atoms with Crippen molar-refractivity contribution in [3.8, 4) is 0 Å². The molecular weight excluding hydrogens is 194 g/mol. The Morgan fingerprint density at radius 1 is 1.47 bits per heavy atom. The Bertz CT molecular complexity index is 435. The van der Waals surface area contributed by atoms with Gasteiger partial charge in [0, 0.05) is 0 Å². The molecule has 2 rings (SSSR count). The molecule has 1 heterocycles. The summed E-state index contributed by atoms with van der Waals surface area (Å²) >= 11 is 0. The highest BCUT2D eigenvalue weighted by atomic mass is 16.5. The summed E-state index contributed by atoms with van der Waals surface area (Å²) in [5.74, 6) is -0.586. The summed E-state index contributed by atoms with van der Waals surface area (Å²) in [5, 5.41) is 0. The number of isocyanates is 1. The minimum atomic E-state index is -0.739. The first kappa shape index (κ1) is 9.77. The Labute approximate surface area is 86.6 Å². The van der Waals surface area contributed by atoms with E-state index >= 15 is 0 Å². The minimum Gasteiger partial charge on any atom is -0.363 e. The molecule has 0 fully saturated rings. The molecule has 1 atom stereocenters. The maximum atomic E-state index is 11.4. The lowest BCUT2D eigenvalue weighted by Crippen LogP contribution is -2.22. The number of fused-ring (bicyclic) bond motifs is 1. The zero-order valence-corrected chi connectivity index (χ0v) is 7.97. The van der Waals surface area contributed by atoms with Crippen LogP contribution >= 0.6 is 0 Å². The topological polar surface area (TPSA) is 55.7 Å². The van der Waals surface area contributed by atoms with Gasteiger partial charge in [0.1, 0.15) is 0 Å². The molecule has 1 unspecified atom stereocenters. The van der Waals surface area contributed by atoms with Gasteiger partial charge in [0.25, 0.3) is 5.91 Å². The molecule has 4 nitrogen and oxygen atoms in total. The van der Waals surface area contributed by atoms with Crippen LogP contribution in [0.3, 0.4) is 0 Å². The lowest BCUT2D eigenvalue weighted by molar-refractivity contribution is -0.130. The van der Waals surface area contributed by atoms with Gasteiger partial charge < -0.3 is 4.74 Å². The van der Waals surface area contributed by atoms with E-state index in [2.05, 4.69) is 4.99 Å². The molecule has 1 amide bonds. The standard InChI is InChI=1S/C11H9NO3/c13-7-12-11(14)10-9-4-2-1-3-8(9)5-6-15-10/h1-4,10H,5-6H2. The smallest absolute Gasteiger partial charge is 0.290 e. The molecule has 1 aliphatic rings. The Morgan fingerprint density at radius 3 is 3.07 bits per heavy atom. The predicted molar refractivity (Wildman–Crippen MR) is 52.0 cm³/mol. The van der Waals surface area contributed by atoms with E-state index < -0.39 is 12.0 Å². The van der Waals surface area contributed by atoms with Crippen molar-refractivity contribution >= 4 is 12.0 Å². The Balaban J connectivity index is 2.37. The van der Waals surface area contributed by atoms with Gasteiger partial charge in [-0.15, -0.1) is 4.99 Å². The van der Waals surface area contributed by atoms with Crippen molar-refractivity contribution in [2.45, 2.75) is 12.5 Å². The van der Waals surface area contributed by atoms with Gasteiger partial charge in [-0.25, -0.2) is 4.79 Å². The summed E-state index contributed by atoms with van der Waals surface area (Å²) in [6, 6.07) is 7.51. The van der Waals surface area contributed by atoms with Crippen LogP contribution in [-0.2, 0) is 20.7 Å². The van der Waals surface area contributed by atoms with Crippen molar-refractivity contribution < 1.29 is 14.3 Å². The number of nitrogens with zero attached hydrogens (tertiary/aromatic N) is 1. The predicted octanol–water partition coefficient (Wildman–Crippen LogP) is 1.16. The van der Waals surface area contributed by atoms with E-state index in [1.165, 1.54) is 6.08 Å². The van der Waals surface area contributed by atoms with Crippen LogP contribution in [0.1, 0.15) is 17.2 Å². The fraction of sp³-hybridized carbons (Fsp3) is 0.273. The summed E-state index contributed by atoms with van der Waals surface area (Å²) in [6.07, 6.45) is 1.28. The third kappa shape index (κ3) is 1.86. The van der Waals surface area contributed by atoms with Gasteiger partial charge in [-0.05, 0) is 17.5 Å². The summed E-state index contributed by atoms with van der Waals surface area (Å²) in [6.45, 7) is 0.474. The van der Waals surface area contributed by atoms with Gasteiger partial charge in [0.15, 0.2) is 6.10 Å². The molecule has 0 spiro atoms. The van der Waals surface area contributed by atoms with Crippen LogP contribution in [0.4, 0.5) is 0 Å². The van der Waals surface area contributed by atoms with Crippen molar-refractivity contribution in [1.82, 2.24) is 0 Å². The number of ether oxygens (including phenoxy) is 1. The number of hydrogen-bond acceptors (Lipinski definition) is 3. The molecule has 0 aromatic heterocycles. The Kier molecular flexibility index (Phi) is 2.72. The molecule has 0 radical (unpaired) electrons. The lowest BCUT2D eigenvalue weighted by atomic mass is 9.97. The molecule has 0 N–H and O–H groups in total. The minimum absolute atomic E-state index is 0.474. The van der Waals surface area contributed by atoms with Crippen molar-refractivity contribution in [1.29, 1.82) is 0 Å². The summed E-state index contributed by atoms with van der Waals surface area (Å²) in [4.78, 5) is 24.5. The highest BCUT2D eigenvalue weighted by Crippen LogP contribution is 2.27. The first-order chi connectivity index (χ1) is 7.33. The van der Waals surface area contributed by atoms with Gasteiger partial charge in [0.05, 0.1) is 6.61 Å². The maximum Gasteiger partial charge on any atom is 0.290 e. The molecule has 0 bridgehead atoms. The van der Waals surface area contributed by atoms with Gasteiger partial charge in [0.2, 0.25) is 6.08 Å². The number of carbonyl (C=O) groups is 1. The van der Waals surface area contributed by atoms with Gasteiger partial charge in [-0.3, -0.25) is 4.79 Å². The van der Waals surface area contributed by atoms with Crippen LogP contribution in [0.2, 0.25) is 0 Å². The number of aliphatic imine (C=N–C) groups is 1. The van der Waals surface area contributed by atoms with Crippen LogP contribution in [0.5, 0.6) is 0 Å². The van der Waals surface area contributed by atoms with Crippen molar-refractivity contribution in [3.05, 3.63) is 35.4 Å². The van der Waals surface area contributed by atoms with Crippen LogP contribution in [0.25, 0.3) is 0 Å². The molecule has 0 aliphatic carbocycles. The number of hydrogen-bond donors (Lipinski definition) is 0. The third-order valence-electron chi connectivity index (χ3n) is 2.37. The van der Waals surface area contributed by atoms with Crippen LogP contribution in [0, 0.1) is 0 Å². The van der Waals surface area contributed by atoms with Crippen molar-refractivity contribution in [2.24, 2.45) is 4.99 Å². The van der Waals surface area contributed by atoms with E-state index in [4.69, 9.17) is 4.74 Å². The summed E-state index contributed by atoms with van der Waals surface area (Å²) in [5.41, 5.74) is 1.87. The van der Waals surface area contributed by atoms with Crippen LogP contribution in [-0.4, -0.2) is 18.6 Å². The average molecular weight is 203 g/mol. The fourth-order valence-electron chi connectivity index (χ4n) is 1.70. The summed E-state index contributed by atoms with van der Waals surface area (Å²) < 4.78 is 5.30. The highest BCUT2D eigenvalue weighted by molar-refractivity contribution is 5.87. The monoisotopic (exact) mass is 203 g/mol. The van der Waals surface area contributed by atoms with E-state index in [9.17, 15) is 9.59 Å². The van der Waals surface area contributed by atoms with Crippen LogP contribution < -0.4 is 0 Å². The molecule has 4 heteroatoms. The van der Waals surface area contributed by atoms with E-state index in [0.29, 0.717) is 6.61 Å². The van der Waals surface area contributed by atoms with E-state index in [1.807, 2.05) is 24.3 Å². The fourth-order valence-corrected chi connectivity index (χ4v) is 1.70. The summed E-state index contributed by atoms with van der Waals surface area (Å²) in [7, 11) is 0. The van der Waals surface area contributed by atoms with Gasteiger partial charge in [-0.1, -0.05) is 24.3 Å². The number of benzene rings is 1. The second-order valence-electron chi connectivity index (χ2n) is 3.24. The second-order valence-corrected chi connectivity index (χ2v) is 3.24. The van der Waals surface area contributed by atoms with E-state index in [-0.39, 0.29) is 0 Å². The highest BCUT2D eigenvalue weighted by Gasteiger charge is 2.26. The molecule has 1 aromatic rings. The SMILES string of the molecule is O=C=NC(=O)C1OCCc2ccccc21. The molecule has 0 saturated carbocycles. The molecule has 0 saturated heterocycles. The lowest BCUT2D eigenvalue weighted by Gasteiger charge is -2.22. The first-order valence-electron chi connectivity index (χ1n) is 4.64. The maximum absolute atomic E-state index is 11.4. The number of carbonyl (C=O) groups excluding carboxylic acids is 2. The number of rotatable bonds is 1. The molecule has 1 aliphatic heterocycles. The van der Waals surface area contributed by atoms with Crippen molar-refractivity contribution in [2.75, 3.05) is 6.61 Å². The largest absolute Gasteiger partial charge is 0.363 e. The third-order valence-corrected chi connectivity index (χ3v) is 2.37. The van der Waals surface area contributed by atoms with Gasteiger partial charge >= 0.3 is 0 Å². The van der Waals surface area contributed by atoms with E-state index in [1.54, 1.807) is 0 Å². The normalized spacial score (nSPS) is 18.8. The van der Waals surface area contributed by atoms with E-state index in [0.717, 1.165) is 17.5 Å². The quantitative estimate of drug-likeness (QED) is 0.508. The molecule has 15 heavy (non-hydrogen) atoms. The molecule has 76 valence electrons. The molecule has 1 aromatic carbocycles. The Morgan fingerprint density at radius 2 is 2.27 bits per heavy atom. The number of amides is 1. The zero-order chi connectivity index (χ0) is 10.7. The van der Waals surface area contributed by atoms with Gasteiger partial charge in [-0.2, -0.15) is 0 Å². The average Bonchev–Trinajstić information content (AvgIpc) is 2.28.